The van der Waals surface area contributed by atoms with E-state index in [0.29, 0.717) is 28.1 Å². The SMILES string of the molecule is COc1cc(Br)c(F)c(CC2CCCNC2)c1O. The molecule has 0 amide bonds. The van der Waals surface area contributed by atoms with Crippen LogP contribution in [0.3, 0.4) is 0 Å². The number of aromatic hydroxyl groups is 1. The molecule has 3 nitrogen and oxygen atoms in total. The summed E-state index contributed by atoms with van der Waals surface area (Å²) < 4.78 is 19.4. The van der Waals surface area contributed by atoms with Crippen LogP contribution in [0.25, 0.3) is 0 Å². The predicted octanol–water partition coefficient (Wildman–Crippen LogP) is 2.84. The number of benzene rings is 1. The number of phenolic OH excluding ortho intramolecular Hbond substituents is 1. The number of hydrogen-bond acceptors (Lipinski definition) is 3. The Kier molecular flexibility index (Phi) is 4.45. The Hall–Kier alpha value is -0.810. The molecule has 0 bridgehead atoms. The predicted molar refractivity (Wildman–Crippen MR) is 71.6 cm³/mol. The van der Waals surface area contributed by atoms with Gasteiger partial charge in [0, 0.05) is 11.6 Å². The summed E-state index contributed by atoms with van der Waals surface area (Å²) in [7, 11) is 1.46. The Morgan fingerprint density at radius 2 is 2.39 bits per heavy atom. The van der Waals surface area contributed by atoms with Crippen LogP contribution in [0.1, 0.15) is 18.4 Å². The second kappa shape index (κ2) is 5.89. The number of nitrogens with one attached hydrogen (secondary N) is 1. The van der Waals surface area contributed by atoms with E-state index < -0.39 is 0 Å². The van der Waals surface area contributed by atoms with E-state index >= 15 is 0 Å². The lowest BCUT2D eigenvalue weighted by atomic mass is 9.91. The Balaban J connectivity index is 2.27. The molecule has 100 valence electrons. The van der Waals surface area contributed by atoms with Gasteiger partial charge in [-0.15, -0.1) is 0 Å². The van der Waals surface area contributed by atoms with Crippen molar-refractivity contribution in [2.45, 2.75) is 19.3 Å². The van der Waals surface area contributed by atoms with Crippen molar-refractivity contribution in [3.05, 3.63) is 21.9 Å². The van der Waals surface area contributed by atoms with Crippen LogP contribution >= 0.6 is 15.9 Å². The third-order valence-corrected chi connectivity index (χ3v) is 3.94. The average Bonchev–Trinajstić information content (AvgIpc) is 2.40. The average molecular weight is 318 g/mol. The number of phenols is 1. The number of halogens is 2. The maximum absolute atomic E-state index is 14.1. The number of piperidine rings is 1. The van der Waals surface area contributed by atoms with E-state index in [1.54, 1.807) is 0 Å². The van der Waals surface area contributed by atoms with Crippen molar-refractivity contribution < 1.29 is 14.2 Å². The second-order valence-corrected chi connectivity index (χ2v) is 5.47. The lowest BCUT2D eigenvalue weighted by Gasteiger charge is -2.23. The molecule has 0 aromatic heterocycles. The van der Waals surface area contributed by atoms with Crippen LogP contribution in [-0.2, 0) is 6.42 Å². The standard InChI is InChI=1S/C13H17BrFNO2/c1-18-11-6-10(14)12(15)9(13(11)17)5-8-3-2-4-16-7-8/h6,8,16-17H,2-5,7H2,1H3. The maximum atomic E-state index is 14.1. The van der Waals surface area contributed by atoms with Gasteiger partial charge in [0.05, 0.1) is 11.6 Å². The first-order valence-corrected chi connectivity index (χ1v) is 6.87. The molecule has 1 unspecified atom stereocenters. The van der Waals surface area contributed by atoms with E-state index in [2.05, 4.69) is 21.2 Å². The molecule has 0 aliphatic carbocycles. The maximum Gasteiger partial charge on any atom is 0.163 e. The third kappa shape index (κ3) is 2.78. The van der Waals surface area contributed by atoms with Crippen molar-refractivity contribution in [3.8, 4) is 11.5 Å². The third-order valence-electron chi connectivity index (χ3n) is 3.36. The minimum Gasteiger partial charge on any atom is -0.504 e. The molecule has 1 heterocycles. The summed E-state index contributed by atoms with van der Waals surface area (Å²) in [5.74, 6) is 0.197. The van der Waals surface area contributed by atoms with Crippen LogP contribution in [0.2, 0.25) is 0 Å². The summed E-state index contributed by atoms with van der Waals surface area (Å²) in [6, 6.07) is 1.45. The van der Waals surface area contributed by atoms with Crippen molar-refractivity contribution in [3.63, 3.8) is 0 Å². The van der Waals surface area contributed by atoms with Gasteiger partial charge in [-0.25, -0.2) is 4.39 Å². The fourth-order valence-electron chi connectivity index (χ4n) is 2.37. The molecule has 0 saturated carbocycles. The summed E-state index contributed by atoms with van der Waals surface area (Å²) in [6.07, 6.45) is 2.68. The Morgan fingerprint density at radius 3 is 3.00 bits per heavy atom. The molecular weight excluding hydrogens is 301 g/mol. The molecule has 1 saturated heterocycles. The summed E-state index contributed by atoms with van der Waals surface area (Å²) >= 11 is 3.15. The van der Waals surface area contributed by atoms with E-state index in [0.717, 1.165) is 25.9 Å². The van der Waals surface area contributed by atoms with E-state index in [9.17, 15) is 9.50 Å². The van der Waals surface area contributed by atoms with Gasteiger partial charge in [-0.1, -0.05) is 0 Å². The molecule has 1 atom stereocenters. The zero-order valence-electron chi connectivity index (χ0n) is 10.3. The highest BCUT2D eigenvalue weighted by molar-refractivity contribution is 9.10. The molecule has 5 heteroatoms. The summed E-state index contributed by atoms with van der Waals surface area (Å²) in [4.78, 5) is 0. The molecule has 1 aromatic carbocycles. The molecule has 0 spiro atoms. The summed E-state index contributed by atoms with van der Waals surface area (Å²) in [5, 5.41) is 13.3. The fraction of sp³-hybridized carbons (Fsp3) is 0.538. The largest absolute Gasteiger partial charge is 0.504 e. The van der Waals surface area contributed by atoms with Crippen molar-refractivity contribution in [1.29, 1.82) is 0 Å². The Labute approximate surface area is 114 Å². The topological polar surface area (TPSA) is 41.5 Å². The van der Waals surface area contributed by atoms with Gasteiger partial charge in [-0.3, -0.25) is 0 Å². The van der Waals surface area contributed by atoms with Crippen molar-refractivity contribution in [1.82, 2.24) is 5.32 Å². The summed E-state index contributed by atoms with van der Waals surface area (Å²) in [5.41, 5.74) is 0.343. The van der Waals surface area contributed by atoms with Gasteiger partial charge in [0.15, 0.2) is 11.5 Å². The monoisotopic (exact) mass is 317 g/mol. The zero-order chi connectivity index (χ0) is 13.1. The molecule has 2 rings (SSSR count). The Morgan fingerprint density at radius 1 is 1.61 bits per heavy atom. The molecular formula is C13H17BrFNO2. The quantitative estimate of drug-likeness (QED) is 0.900. The highest BCUT2D eigenvalue weighted by Crippen LogP contribution is 2.38. The Bertz CT molecular complexity index is 433. The van der Waals surface area contributed by atoms with Gasteiger partial charge >= 0.3 is 0 Å². The molecule has 0 radical (unpaired) electrons. The minimum absolute atomic E-state index is 0.0798. The minimum atomic E-state index is -0.390. The van der Waals surface area contributed by atoms with E-state index in [1.165, 1.54) is 13.2 Å². The van der Waals surface area contributed by atoms with E-state index in [1.807, 2.05) is 0 Å². The lowest BCUT2D eigenvalue weighted by Crippen LogP contribution is -2.31. The van der Waals surface area contributed by atoms with Crippen molar-refractivity contribution in [2.75, 3.05) is 20.2 Å². The highest BCUT2D eigenvalue weighted by Gasteiger charge is 2.22. The second-order valence-electron chi connectivity index (χ2n) is 4.62. The zero-order valence-corrected chi connectivity index (χ0v) is 11.9. The van der Waals surface area contributed by atoms with E-state index in [4.69, 9.17) is 4.74 Å². The lowest BCUT2D eigenvalue weighted by molar-refractivity contribution is 0.347. The van der Waals surface area contributed by atoms with Gasteiger partial charge < -0.3 is 15.2 Å². The van der Waals surface area contributed by atoms with Crippen LogP contribution in [0.15, 0.2) is 10.5 Å². The van der Waals surface area contributed by atoms with Gasteiger partial charge in [0.1, 0.15) is 5.82 Å². The van der Waals surface area contributed by atoms with Crippen LogP contribution < -0.4 is 10.1 Å². The van der Waals surface area contributed by atoms with Gasteiger partial charge in [-0.2, -0.15) is 0 Å². The normalized spacial score (nSPS) is 19.8. The van der Waals surface area contributed by atoms with Crippen LogP contribution in [0, 0.1) is 11.7 Å². The summed E-state index contributed by atoms with van der Waals surface area (Å²) in [6.45, 7) is 1.89. The highest BCUT2D eigenvalue weighted by atomic mass is 79.9. The molecule has 1 aliphatic heterocycles. The van der Waals surface area contributed by atoms with Crippen LogP contribution in [0.5, 0.6) is 11.5 Å². The number of ether oxygens (including phenoxy) is 1. The number of methoxy groups -OCH3 is 1. The van der Waals surface area contributed by atoms with Gasteiger partial charge in [0.2, 0.25) is 0 Å². The van der Waals surface area contributed by atoms with Crippen LogP contribution in [-0.4, -0.2) is 25.3 Å². The molecule has 1 fully saturated rings. The molecule has 2 N–H and O–H groups in total. The molecule has 18 heavy (non-hydrogen) atoms. The van der Waals surface area contributed by atoms with Crippen molar-refractivity contribution in [2.24, 2.45) is 5.92 Å². The van der Waals surface area contributed by atoms with Crippen molar-refractivity contribution >= 4 is 15.9 Å². The van der Waals surface area contributed by atoms with E-state index in [-0.39, 0.29) is 11.6 Å². The smallest absolute Gasteiger partial charge is 0.163 e. The number of hydrogen-bond donors (Lipinski definition) is 2. The fourth-order valence-corrected chi connectivity index (χ4v) is 2.82. The first-order valence-electron chi connectivity index (χ1n) is 6.08. The first-order chi connectivity index (χ1) is 8.63. The van der Waals surface area contributed by atoms with Gasteiger partial charge in [-0.05, 0) is 54.2 Å². The van der Waals surface area contributed by atoms with Crippen LogP contribution in [0.4, 0.5) is 4.39 Å². The molecule has 1 aromatic rings. The molecule has 1 aliphatic rings. The number of rotatable bonds is 3. The first kappa shape index (κ1) is 13.6. The van der Waals surface area contributed by atoms with Gasteiger partial charge in [0.25, 0.3) is 0 Å².